The molecular formula is C19H13F2N5O2. The van der Waals surface area contributed by atoms with Crippen LogP contribution in [-0.4, -0.2) is 31.2 Å². The average Bonchev–Trinajstić information content (AvgIpc) is 3.27. The van der Waals surface area contributed by atoms with E-state index < -0.39 is 23.1 Å². The van der Waals surface area contributed by atoms with Crippen molar-refractivity contribution in [3.63, 3.8) is 0 Å². The zero-order valence-electron chi connectivity index (χ0n) is 14.3. The number of nitrogens with one attached hydrogen (secondary N) is 2. The van der Waals surface area contributed by atoms with E-state index in [0.717, 1.165) is 36.3 Å². The SMILES string of the molecule is O=c1[nH]c2ncc(-c3cc(F)c(O)c(F)c3)nc2n1-c1ccc2c(c1)CCN2. The summed E-state index contributed by atoms with van der Waals surface area (Å²) in [6.07, 6.45) is 2.16. The maximum Gasteiger partial charge on any atom is 0.333 e. The van der Waals surface area contributed by atoms with Crippen LogP contribution >= 0.6 is 0 Å². The summed E-state index contributed by atoms with van der Waals surface area (Å²) in [6.45, 7) is 0.837. The molecule has 7 nitrogen and oxygen atoms in total. The number of nitrogens with zero attached hydrogens (tertiary/aromatic N) is 3. The number of aromatic nitrogens is 4. The van der Waals surface area contributed by atoms with E-state index in [1.807, 2.05) is 12.1 Å². The van der Waals surface area contributed by atoms with Gasteiger partial charge in [0.25, 0.3) is 0 Å². The Hall–Kier alpha value is -3.75. The molecular weight excluding hydrogens is 368 g/mol. The van der Waals surface area contributed by atoms with Crippen LogP contribution in [0.4, 0.5) is 14.5 Å². The molecule has 28 heavy (non-hydrogen) atoms. The van der Waals surface area contributed by atoms with E-state index >= 15 is 0 Å². The summed E-state index contributed by atoms with van der Waals surface area (Å²) in [6, 6.07) is 7.51. The first-order valence-corrected chi connectivity index (χ1v) is 8.54. The first kappa shape index (κ1) is 16.4. The summed E-state index contributed by atoms with van der Waals surface area (Å²) >= 11 is 0. The Morgan fingerprint density at radius 3 is 2.71 bits per heavy atom. The van der Waals surface area contributed by atoms with E-state index in [1.165, 1.54) is 10.8 Å². The van der Waals surface area contributed by atoms with Gasteiger partial charge in [0.1, 0.15) is 0 Å². The smallest absolute Gasteiger partial charge is 0.333 e. The zero-order chi connectivity index (χ0) is 19.4. The molecule has 0 amide bonds. The van der Waals surface area contributed by atoms with Crippen LogP contribution in [0.5, 0.6) is 5.75 Å². The molecule has 0 unspecified atom stereocenters. The lowest BCUT2D eigenvalue weighted by atomic mass is 10.1. The number of aromatic amines is 1. The number of fused-ring (bicyclic) bond motifs is 2. The first-order chi connectivity index (χ1) is 13.5. The molecule has 0 atom stereocenters. The van der Waals surface area contributed by atoms with Gasteiger partial charge < -0.3 is 10.4 Å². The van der Waals surface area contributed by atoms with Gasteiger partial charge in [-0.15, -0.1) is 0 Å². The third-order valence-electron chi connectivity index (χ3n) is 4.76. The highest BCUT2D eigenvalue weighted by Gasteiger charge is 2.17. The van der Waals surface area contributed by atoms with Crippen molar-refractivity contribution in [1.82, 2.24) is 19.5 Å². The molecule has 0 fully saturated rings. The molecule has 5 rings (SSSR count). The molecule has 9 heteroatoms. The van der Waals surface area contributed by atoms with Crippen molar-refractivity contribution < 1.29 is 13.9 Å². The maximum atomic E-state index is 13.7. The number of benzene rings is 2. The van der Waals surface area contributed by atoms with E-state index in [4.69, 9.17) is 0 Å². The minimum Gasteiger partial charge on any atom is -0.503 e. The number of hydrogen-bond acceptors (Lipinski definition) is 5. The molecule has 2 aromatic carbocycles. The number of aromatic hydroxyl groups is 1. The summed E-state index contributed by atoms with van der Waals surface area (Å²) in [7, 11) is 0. The van der Waals surface area contributed by atoms with Crippen LogP contribution in [0.3, 0.4) is 0 Å². The summed E-state index contributed by atoms with van der Waals surface area (Å²) in [5.41, 5.74) is 3.08. The van der Waals surface area contributed by atoms with E-state index in [2.05, 4.69) is 20.3 Å². The lowest BCUT2D eigenvalue weighted by molar-refractivity contribution is 0.396. The van der Waals surface area contributed by atoms with Gasteiger partial charge in [0.2, 0.25) is 0 Å². The molecule has 0 spiro atoms. The van der Waals surface area contributed by atoms with E-state index in [-0.39, 0.29) is 22.6 Å². The van der Waals surface area contributed by atoms with Gasteiger partial charge in [-0.05, 0) is 42.3 Å². The summed E-state index contributed by atoms with van der Waals surface area (Å²) in [5, 5.41) is 12.5. The lowest BCUT2D eigenvalue weighted by Crippen LogP contribution is -2.15. The van der Waals surface area contributed by atoms with Gasteiger partial charge in [-0.3, -0.25) is 4.98 Å². The van der Waals surface area contributed by atoms with Crippen molar-refractivity contribution in [3.05, 3.63) is 64.2 Å². The van der Waals surface area contributed by atoms with Crippen molar-refractivity contribution >= 4 is 17.0 Å². The number of phenolic OH excluding ortho intramolecular Hbond substituents is 1. The largest absolute Gasteiger partial charge is 0.503 e. The van der Waals surface area contributed by atoms with Crippen molar-refractivity contribution in [2.75, 3.05) is 11.9 Å². The number of rotatable bonds is 2. The highest BCUT2D eigenvalue weighted by Crippen LogP contribution is 2.28. The lowest BCUT2D eigenvalue weighted by Gasteiger charge is -2.07. The normalized spacial score (nSPS) is 12.9. The van der Waals surface area contributed by atoms with Gasteiger partial charge in [0.15, 0.2) is 28.7 Å². The number of H-pyrrole nitrogens is 1. The second-order valence-corrected chi connectivity index (χ2v) is 6.50. The Morgan fingerprint density at radius 2 is 1.93 bits per heavy atom. The molecule has 140 valence electrons. The molecule has 0 radical (unpaired) electrons. The Labute approximate surface area is 156 Å². The first-order valence-electron chi connectivity index (χ1n) is 8.54. The van der Waals surface area contributed by atoms with Gasteiger partial charge in [-0.2, -0.15) is 0 Å². The fourth-order valence-electron chi connectivity index (χ4n) is 3.40. The molecule has 0 aliphatic carbocycles. The number of hydrogen-bond donors (Lipinski definition) is 3. The predicted octanol–water partition coefficient (Wildman–Crippen LogP) is 2.73. The predicted molar refractivity (Wildman–Crippen MR) is 98.7 cm³/mol. The van der Waals surface area contributed by atoms with Crippen molar-refractivity contribution in [1.29, 1.82) is 0 Å². The minimum absolute atomic E-state index is 0.0977. The zero-order valence-corrected chi connectivity index (χ0v) is 14.3. The van der Waals surface area contributed by atoms with Crippen LogP contribution in [0.1, 0.15) is 5.56 Å². The molecule has 0 saturated heterocycles. The molecule has 1 aliphatic heterocycles. The standard InChI is InChI=1S/C19H13F2N5O2/c20-12-6-10(7-13(21)16(12)27)15-8-23-17-18(24-15)26(19(28)25-17)11-1-2-14-9(5-11)3-4-22-14/h1-2,5-8,22,27H,3-4H2,(H,23,25,28). The van der Waals surface area contributed by atoms with Crippen LogP contribution in [0.2, 0.25) is 0 Å². The Balaban J connectivity index is 1.70. The fourth-order valence-corrected chi connectivity index (χ4v) is 3.40. The van der Waals surface area contributed by atoms with Crippen LogP contribution in [0.25, 0.3) is 28.2 Å². The molecule has 0 saturated carbocycles. The topological polar surface area (TPSA) is 95.8 Å². The van der Waals surface area contributed by atoms with Crippen LogP contribution in [-0.2, 0) is 6.42 Å². The average molecular weight is 381 g/mol. The number of imidazole rings is 1. The molecule has 3 heterocycles. The van der Waals surface area contributed by atoms with E-state index in [9.17, 15) is 18.7 Å². The van der Waals surface area contributed by atoms with Crippen molar-refractivity contribution in [3.8, 4) is 22.7 Å². The molecule has 2 aromatic heterocycles. The number of phenols is 1. The second-order valence-electron chi connectivity index (χ2n) is 6.50. The monoisotopic (exact) mass is 381 g/mol. The van der Waals surface area contributed by atoms with Crippen LogP contribution < -0.4 is 11.0 Å². The number of anilines is 1. The third-order valence-corrected chi connectivity index (χ3v) is 4.76. The fraction of sp³-hybridized carbons (Fsp3) is 0.105. The van der Waals surface area contributed by atoms with E-state index in [1.54, 1.807) is 6.07 Å². The second kappa shape index (κ2) is 5.88. The third kappa shape index (κ3) is 2.43. The quantitative estimate of drug-likeness (QED) is 0.496. The molecule has 4 aromatic rings. The van der Waals surface area contributed by atoms with Crippen molar-refractivity contribution in [2.45, 2.75) is 6.42 Å². The van der Waals surface area contributed by atoms with Gasteiger partial charge in [0.05, 0.1) is 17.6 Å². The minimum atomic E-state index is -1.10. The van der Waals surface area contributed by atoms with Gasteiger partial charge >= 0.3 is 5.69 Å². The van der Waals surface area contributed by atoms with Crippen LogP contribution in [0.15, 0.2) is 41.3 Å². The summed E-state index contributed by atoms with van der Waals surface area (Å²) in [5.74, 6) is -3.26. The summed E-state index contributed by atoms with van der Waals surface area (Å²) < 4.78 is 28.8. The molecule has 3 N–H and O–H groups in total. The highest BCUT2D eigenvalue weighted by molar-refractivity contribution is 5.73. The maximum absolute atomic E-state index is 13.7. The molecule has 0 bridgehead atoms. The van der Waals surface area contributed by atoms with Crippen molar-refractivity contribution in [2.24, 2.45) is 0 Å². The molecule has 1 aliphatic rings. The van der Waals surface area contributed by atoms with Crippen LogP contribution in [0, 0.1) is 11.6 Å². The Bertz CT molecular complexity index is 1290. The van der Waals surface area contributed by atoms with Gasteiger partial charge in [0, 0.05) is 17.8 Å². The number of halogens is 2. The summed E-state index contributed by atoms with van der Waals surface area (Å²) in [4.78, 5) is 23.7. The Morgan fingerprint density at radius 1 is 1.14 bits per heavy atom. The van der Waals surface area contributed by atoms with Gasteiger partial charge in [-0.1, -0.05) is 0 Å². The van der Waals surface area contributed by atoms with E-state index in [0.29, 0.717) is 5.69 Å². The Kier molecular flexibility index (Phi) is 3.45. The van der Waals surface area contributed by atoms with Gasteiger partial charge in [-0.25, -0.2) is 28.1 Å². The highest BCUT2D eigenvalue weighted by atomic mass is 19.1.